The Labute approximate surface area is 128 Å². The molecule has 1 nitrogen and oxygen atoms in total. The summed E-state index contributed by atoms with van der Waals surface area (Å²) in [5.74, 6) is 0. The largest absolute Gasteiger partial charge is 0.392 e. The summed E-state index contributed by atoms with van der Waals surface area (Å²) < 4.78 is 37.5. The number of halogens is 3. The lowest BCUT2D eigenvalue weighted by Crippen LogP contribution is -2.07. The highest BCUT2D eigenvalue weighted by molar-refractivity contribution is 5.76. The molecule has 22 heavy (non-hydrogen) atoms. The second kappa shape index (κ2) is 6.69. The molecule has 0 radical (unpaired) electrons. The van der Waals surface area contributed by atoms with Gasteiger partial charge in [0.2, 0.25) is 0 Å². The van der Waals surface area contributed by atoms with E-state index in [0.29, 0.717) is 5.70 Å². The number of hydrogen-bond acceptors (Lipinski definition) is 1. The van der Waals surface area contributed by atoms with Gasteiger partial charge in [-0.15, -0.1) is 0 Å². The summed E-state index contributed by atoms with van der Waals surface area (Å²) in [6.45, 7) is 3.90. The molecule has 0 amide bonds. The van der Waals surface area contributed by atoms with E-state index in [9.17, 15) is 13.2 Å². The van der Waals surface area contributed by atoms with Crippen LogP contribution in [-0.4, -0.2) is 6.18 Å². The average Bonchev–Trinajstić information content (AvgIpc) is 2.45. The lowest BCUT2D eigenvalue weighted by molar-refractivity contribution is -0.124. The number of benzene rings is 2. The van der Waals surface area contributed by atoms with Crippen LogP contribution in [0.25, 0.3) is 5.70 Å². The minimum Gasteiger partial charge on any atom is -0.355 e. The Morgan fingerprint density at radius 1 is 0.909 bits per heavy atom. The molecule has 0 fully saturated rings. The smallest absolute Gasteiger partial charge is 0.355 e. The molecule has 4 heteroatoms. The van der Waals surface area contributed by atoms with Crippen LogP contribution in [-0.2, 0) is 0 Å². The van der Waals surface area contributed by atoms with Gasteiger partial charge in [0.05, 0.1) is 6.42 Å². The fraction of sp³-hybridized carbons (Fsp3) is 0.222. The van der Waals surface area contributed by atoms with Gasteiger partial charge in [0.25, 0.3) is 0 Å². The normalized spacial score (nSPS) is 12.3. The lowest BCUT2D eigenvalue weighted by atomic mass is 10.1. The van der Waals surface area contributed by atoms with Crippen LogP contribution in [0, 0.1) is 13.8 Å². The predicted octanol–water partition coefficient (Wildman–Crippen LogP) is 5.71. The summed E-state index contributed by atoms with van der Waals surface area (Å²) >= 11 is 0. The van der Waals surface area contributed by atoms with Gasteiger partial charge in [0.15, 0.2) is 0 Å². The Hall–Kier alpha value is -2.23. The zero-order chi connectivity index (χ0) is 16.2. The zero-order valence-corrected chi connectivity index (χ0v) is 12.5. The van der Waals surface area contributed by atoms with Crippen LogP contribution >= 0.6 is 0 Å². The maximum atomic E-state index is 12.5. The highest BCUT2D eigenvalue weighted by Crippen LogP contribution is 2.25. The number of rotatable bonds is 4. The van der Waals surface area contributed by atoms with Crippen molar-refractivity contribution < 1.29 is 13.2 Å². The molecule has 0 aliphatic carbocycles. The Balaban J connectivity index is 2.28. The fourth-order valence-electron chi connectivity index (χ4n) is 1.98. The molecule has 0 saturated heterocycles. The van der Waals surface area contributed by atoms with Crippen LogP contribution in [0.5, 0.6) is 0 Å². The minimum atomic E-state index is -4.22. The first-order chi connectivity index (χ1) is 10.3. The standard InChI is InChI=1S/C18H18F3N/c1-13-3-7-15(8-4-13)17(11-12-18(19,20)21)22-16-9-5-14(2)6-10-16/h3-11,22H,12H2,1-2H3/b17-11-. The van der Waals surface area contributed by atoms with Gasteiger partial charge in [-0.05, 0) is 31.5 Å². The molecule has 116 valence electrons. The molecular weight excluding hydrogens is 287 g/mol. The lowest BCUT2D eigenvalue weighted by Gasteiger charge is -2.13. The molecule has 2 rings (SSSR count). The number of hydrogen-bond donors (Lipinski definition) is 1. The zero-order valence-electron chi connectivity index (χ0n) is 12.5. The third-order valence-corrected chi connectivity index (χ3v) is 3.23. The highest BCUT2D eigenvalue weighted by Gasteiger charge is 2.25. The van der Waals surface area contributed by atoms with Crippen molar-refractivity contribution >= 4 is 11.4 Å². The van der Waals surface area contributed by atoms with E-state index in [1.165, 1.54) is 6.08 Å². The Morgan fingerprint density at radius 3 is 1.91 bits per heavy atom. The van der Waals surface area contributed by atoms with Crippen molar-refractivity contribution in [1.29, 1.82) is 0 Å². The summed E-state index contributed by atoms with van der Waals surface area (Å²) in [6, 6.07) is 14.9. The summed E-state index contributed by atoms with van der Waals surface area (Å²) in [6.07, 6.45) is -4.00. The summed E-state index contributed by atoms with van der Waals surface area (Å²) in [7, 11) is 0. The molecule has 0 saturated carbocycles. The van der Waals surface area contributed by atoms with Crippen LogP contribution in [0.3, 0.4) is 0 Å². The van der Waals surface area contributed by atoms with Crippen molar-refractivity contribution in [2.24, 2.45) is 0 Å². The number of alkyl halides is 3. The number of nitrogens with one attached hydrogen (secondary N) is 1. The Morgan fingerprint density at radius 2 is 1.41 bits per heavy atom. The van der Waals surface area contributed by atoms with E-state index in [1.807, 2.05) is 62.4 Å². The van der Waals surface area contributed by atoms with Gasteiger partial charge in [0, 0.05) is 11.4 Å². The monoisotopic (exact) mass is 305 g/mol. The van der Waals surface area contributed by atoms with E-state index < -0.39 is 12.6 Å². The molecule has 0 bridgehead atoms. The van der Waals surface area contributed by atoms with Crippen molar-refractivity contribution in [2.45, 2.75) is 26.4 Å². The van der Waals surface area contributed by atoms with Gasteiger partial charge in [0.1, 0.15) is 0 Å². The first kappa shape index (κ1) is 16.1. The van der Waals surface area contributed by atoms with Gasteiger partial charge < -0.3 is 5.32 Å². The summed E-state index contributed by atoms with van der Waals surface area (Å²) in [4.78, 5) is 0. The quantitative estimate of drug-likeness (QED) is 0.763. The molecule has 0 aliphatic heterocycles. The molecule has 0 heterocycles. The van der Waals surface area contributed by atoms with Gasteiger partial charge in [-0.2, -0.15) is 13.2 Å². The maximum Gasteiger partial charge on any atom is 0.392 e. The van der Waals surface area contributed by atoms with Crippen LogP contribution < -0.4 is 5.32 Å². The van der Waals surface area contributed by atoms with E-state index in [4.69, 9.17) is 0 Å². The Kier molecular flexibility index (Phi) is 4.91. The molecule has 0 atom stereocenters. The first-order valence-electron chi connectivity index (χ1n) is 7.01. The van der Waals surface area contributed by atoms with E-state index in [0.717, 1.165) is 22.4 Å². The third-order valence-electron chi connectivity index (χ3n) is 3.23. The molecular formula is C18H18F3N. The predicted molar refractivity (Wildman–Crippen MR) is 84.6 cm³/mol. The highest BCUT2D eigenvalue weighted by atomic mass is 19.4. The maximum absolute atomic E-state index is 12.5. The van der Waals surface area contributed by atoms with Crippen molar-refractivity contribution in [3.05, 3.63) is 71.3 Å². The molecule has 2 aromatic carbocycles. The van der Waals surface area contributed by atoms with Crippen LogP contribution in [0.4, 0.5) is 18.9 Å². The van der Waals surface area contributed by atoms with Gasteiger partial charge in [-0.1, -0.05) is 53.6 Å². The van der Waals surface area contributed by atoms with Gasteiger partial charge in [-0.25, -0.2) is 0 Å². The fourth-order valence-corrected chi connectivity index (χ4v) is 1.98. The second-order valence-corrected chi connectivity index (χ2v) is 5.29. The Bertz CT molecular complexity index is 638. The second-order valence-electron chi connectivity index (χ2n) is 5.29. The van der Waals surface area contributed by atoms with Crippen LogP contribution in [0.15, 0.2) is 54.6 Å². The van der Waals surface area contributed by atoms with Crippen LogP contribution in [0.2, 0.25) is 0 Å². The number of allylic oxidation sites excluding steroid dienone is 1. The molecule has 0 spiro atoms. The summed E-state index contributed by atoms with van der Waals surface area (Å²) in [5.41, 5.74) is 4.12. The molecule has 0 unspecified atom stereocenters. The minimum absolute atomic E-state index is 0.459. The van der Waals surface area contributed by atoms with E-state index in [-0.39, 0.29) is 0 Å². The first-order valence-corrected chi connectivity index (χ1v) is 7.01. The van der Waals surface area contributed by atoms with Gasteiger partial charge >= 0.3 is 6.18 Å². The third kappa shape index (κ3) is 4.95. The molecule has 0 aromatic heterocycles. The number of aryl methyl sites for hydroxylation is 2. The van der Waals surface area contributed by atoms with E-state index in [2.05, 4.69) is 5.32 Å². The molecule has 0 aliphatic rings. The topological polar surface area (TPSA) is 12.0 Å². The molecule has 2 aromatic rings. The van der Waals surface area contributed by atoms with E-state index in [1.54, 1.807) is 0 Å². The molecule has 1 N–H and O–H groups in total. The van der Waals surface area contributed by atoms with Crippen molar-refractivity contribution in [2.75, 3.05) is 5.32 Å². The van der Waals surface area contributed by atoms with Crippen molar-refractivity contribution in [3.8, 4) is 0 Å². The van der Waals surface area contributed by atoms with E-state index >= 15 is 0 Å². The van der Waals surface area contributed by atoms with Crippen LogP contribution in [0.1, 0.15) is 23.1 Å². The van der Waals surface area contributed by atoms with Gasteiger partial charge in [-0.3, -0.25) is 0 Å². The van der Waals surface area contributed by atoms with Crippen molar-refractivity contribution in [1.82, 2.24) is 0 Å². The SMILES string of the molecule is Cc1ccc(N/C(=C\CC(F)(F)F)c2ccc(C)cc2)cc1. The number of anilines is 1. The summed E-state index contributed by atoms with van der Waals surface area (Å²) in [5, 5.41) is 3.08. The van der Waals surface area contributed by atoms with Crippen molar-refractivity contribution in [3.63, 3.8) is 0 Å². The average molecular weight is 305 g/mol.